The summed E-state index contributed by atoms with van der Waals surface area (Å²) in [6.07, 6.45) is 1.12. The fourth-order valence-electron chi connectivity index (χ4n) is 2.53. The molecule has 1 fully saturated rings. The van der Waals surface area contributed by atoms with Crippen molar-refractivity contribution in [3.63, 3.8) is 0 Å². The van der Waals surface area contributed by atoms with E-state index in [-0.39, 0.29) is 6.10 Å². The molecule has 18 heavy (non-hydrogen) atoms. The Morgan fingerprint density at radius 3 is 2.89 bits per heavy atom. The molecule has 2 aromatic carbocycles. The van der Waals surface area contributed by atoms with Crippen LogP contribution in [0, 0.1) is 0 Å². The zero-order valence-corrected chi connectivity index (χ0v) is 9.93. The van der Waals surface area contributed by atoms with Crippen LogP contribution in [0.5, 0.6) is 0 Å². The summed E-state index contributed by atoms with van der Waals surface area (Å²) in [5.74, 6) is 0. The molecular weight excluding hydrogens is 226 g/mol. The molecule has 3 heteroatoms. The van der Waals surface area contributed by atoms with Gasteiger partial charge in [0.05, 0.1) is 12.3 Å². The van der Waals surface area contributed by atoms with Crippen LogP contribution in [0.3, 0.4) is 0 Å². The fourth-order valence-corrected chi connectivity index (χ4v) is 2.53. The van der Waals surface area contributed by atoms with Gasteiger partial charge < -0.3 is 9.57 Å². The molecule has 1 atom stereocenters. The van der Waals surface area contributed by atoms with Gasteiger partial charge in [-0.3, -0.25) is 0 Å². The summed E-state index contributed by atoms with van der Waals surface area (Å²) >= 11 is 0. The molecule has 2 aliphatic rings. The lowest BCUT2D eigenvalue weighted by atomic mass is 10.1. The molecule has 1 aliphatic heterocycles. The van der Waals surface area contributed by atoms with Crippen LogP contribution >= 0.6 is 0 Å². The van der Waals surface area contributed by atoms with Gasteiger partial charge in [0.1, 0.15) is 12.7 Å². The van der Waals surface area contributed by atoms with Crippen LogP contribution in [0.15, 0.2) is 41.6 Å². The molecule has 90 valence electrons. The second-order valence-electron chi connectivity index (χ2n) is 4.79. The minimum absolute atomic E-state index is 0.258. The van der Waals surface area contributed by atoms with E-state index in [1.165, 1.54) is 21.9 Å². The number of nitrogens with zero attached hydrogens (tertiary/aromatic N) is 1. The minimum Gasteiger partial charge on any atom is -0.393 e. The summed E-state index contributed by atoms with van der Waals surface area (Å²) in [5.41, 5.74) is 3.58. The van der Waals surface area contributed by atoms with Crippen molar-refractivity contribution in [2.24, 2.45) is 5.16 Å². The maximum Gasteiger partial charge on any atom is 0.145 e. The highest BCUT2D eigenvalue weighted by molar-refractivity contribution is 6.17. The molecule has 0 radical (unpaired) electrons. The first-order chi connectivity index (χ1) is 8.92. The third-order valence-electron chi connectivity index (χ3n) is 3.50. The topological polar surface area (TPSA) is 34.1 Å². The zero-order chi connectivity index (χ0) is 11.9. The number of rotatable bonds is 3. The third kappa shape index (κ3) is 1.59. The molecule has 1 saturated heterocycles. The van der Waals surface area contributed by atoms with Gasteiger partial charge in [0.25, 0.3) is 0 Å². The maximum atomic E-state index is 5.37. The molecule has 4 rings (SSSR count). The van der Waals surface area contributed by atoms with Gasteiger partial charge in [-0.15, -0.1) is 0 Å². The van der Waals surface area contributed by atoms with E-state index in [0.717, 1.165) is 18.7 Å². The highest BCUT2D eigenvalue weighted by atomic mass is 16.7. The van der Waals surface area contributed by atoms with Crippen LogP contribution in [0.25, 0.3) is 10.8 Å². The van der Waals surface area contributed by atoms with Crippen LogP contribution in [0.4, 0.5) is 0 Å². The lowest BCUT2D eigenvalue weighted by molar-refractivity contribution is 0.125. The molecule has 3 nitrogen and oxygen atoms in total. The Hall–Kier alpha value is -1.87. The van der Waals surface area contributed by atoms with Gasteiger partial charge in [-0.05, 0) is 16.3 Å². The summed E-state index contributed by atoms with van der Waals surface area (Å²) in [6, 6.07) is 12.7. The molecule has 0 bridgehead atoms. The third-order valence-corrected chi connectivity index (χ3v) is 3.50. The van der Waals surface area contributed by atoms with Gasteiger partial charge in [-0.25, -0.2) is 0 Å². The van der Waals surface area contributed by atoms with E-state index in [2.05, 4.69) is 41.6 Å². The van der Waals surface area contributed by atoms with Gasteiger partial charge in [0.2, 0.25) is 0 Å². The van der Waals surface area contributed by atoms with Crippen LogP contribution in [-0.4, -0.2) is 25.0 Å². The molecule has 1 aliphatic carbocycles. The van der Waals surface area contributed by atoms with Gasteiger partial charge >= 0.3 is 0 Å². The Labute approximate surface area is 105 Å². The highest BCUT2D eigenvalue weighted by Gasteiger charge is 2.24. The molecule has 0 unspecified atom stereocenters. The Kier molecular flexibility index (Phi) is 2.14. The van der Waals surface area contributed by atoms with Crippen molar-refractivity contribution in [1.82, 2.24) is 0 Å². The molecule has 0 amide bonds. The van der Waals surface area contributed by atoms with Crippen molar-refractivity contribution in [2.45, 2.75) is 12.5 Å². The van der Waals surface area contributed by atoms with E-state index in [9.17, 15) is 0 Å². The van der Waals surface area contributed by atoms with E-state index in [1.54, 1.807) is 0 Å². The first-order valence-corrected chi connectivity index (χ1v) is 6.23. The number of ether oxygens (including phenoxy) is 1. The number of hydrogen-bond acceptors (Lipinski definition) is 3. The average molecular weight is 239 g/mol. The molecule has 2 aromatic rings. The molecular formula is C15H13NO2. The first kappa shape index (κ1) is 10.1. The zero-order valence-electron chi connectivity index (χ0n) is 9.93. The summed E-state index contributed by atoms with van der Waals surface area (Å²) in [7, 11) is 0. The molecule has 0 spiro atoms. The molecule has 0 saturated carbocycles. The lowest BCUT2D eigenvalue weighted by Crippen LogP contribution is -2.02. The van der Waals surface area contributed by atoms with Gasteiger partial charge in [-0.1, -0.05) is 41.6 Å². The second-order valence-corrected chi connectivity index (χ2v) is 4.79. The van der Waals surface area contributed by atoms with E-state index in [0.29, 0.717) is 6.61 Å². The number of epoxide rings is 1. The second kappa shape index (κ2) is 3.82. The van der Waals surface area contributed by atoms with E-state index in [4.69, 9.17) is 9.57 Å². The number of benzene rings is 2. The van der Waals surface area contributed by atoms with Gasteiger partial charge in [0, 0.05) is 12.0 Å². The predicted octanol–water partition coefficient (Wildman–Crippen LogP) is 2.52. The van der Waals surface area contributed by atoms with E-state index in [1.807, 2.05) is 0 Å². The summed E-state index contributed by atoms with van der Waals surface area (Å²) in [4.78, 5) is 5.37. The standard InChI is InChI=1S/C15H13NO2/c1-3-10-4-2-6-13-14(7-11(5-1)15(10)13)16-18-9-12-8-17-12/h1-6,12H,7-9H2/b16-14+/t12-/m0/s1. The Morgan fingerprint density at radius 2 is 2.06 bits per heavy atom. The summed E-state index contributed by atoms with van der Waals surface area (Å²) in [6.45, 7) is 1.37. The maximum absolute atomic E-state index is 5.37. The van der Waals surface area contributed by atoms with Crippen LogP contribution in [-0.2, 0) is 16.0 Å². The summed E-state index contributed by atoms with van der Waals surface area (Å²) < 4.78 is 5.10. The summed E-state index contributed by atoms with van der Waals surface area (Å²) in [5, 5.41) is 6.88. The van der Waals surface area contributed by atoms with Crippen LogP contribution in [0.1, 0.15) is 11.1 Å². The Bertz CT molecular complexity index is 639. The van der Waals surface area contributed by atoms with Crippen molar-refractivity contribution in [2.75, 3.05) is 13.2 Å². The monoisotopic (exact) mass is 239 g/mol. The van der Waals surface area contributed by atoms with E-state index < -0.39 is 0 Å². The van der Waals surface area contributed by atoms with Gasteiger partial charge in [0.15, 0.2) is 0 Å². The minimum atomic E-state index is 0.258. The largest absolute Gasteiger partial charge is 0.393 e. The Morgan fingerprint density at radius 1 is 1.22 bits per heavy atom. The first-order valence-electron chi connectivity index (χ1n) is 6.23. The van der Waals surface area contributed by atoms with Crippen molar-refractivity contribution in [3.8, 4) is 0 Å². The molecule has 1 heterocycles. The predicted molar refractivity (Wildman–Crippen MR) is 69.9 cm³/mol. The average Bonchev–Trinajstić information content (AvgIpc) is 3.15. The number of oxime groups is 1. The molecule has 0 N–H and O–H groups in total. The van der Waals surface area contributed by atoms with Crippen molar-refractivity contribution < 1.29 is 9.57 Å². The van der Waals surface area contributed by atoms with Crippen molar-refractivity contribution in [1.29, 1.82) is 0 Å². The fraction of sp³-hybridized carbons (Fsp3) is 0.267. The van der Waals surface area contributed by atoms with E-state index >= 15 is 0 Å². The smallest absolute Gasteiger partial charge is 0.145 e. The quantitative estimate of drug-likeness (QED) is 0.609. The normalized spacial score (nSPS) is 22.7. The highest BCUT2D eigenvalue weighted by Crippen LogP contribution is 2.31. The number of hydrogen-bond donors (Lipinski definition) is 0. The SMILES string of the molecule is c1cc2c3c(cccc3c1)/C(=N/OC[C@@H]1CO1)C2. The lowest BCUT2D eigenvalue weighted by Gasteiger charge is -2.01. The van der Waals surface area contributed by atoms with Crippen LogP contribution in [0.2, 0.25) is 0 Å². The van der Waals surface area contributed by atoms with Crippen molar-refractivity contribution >= 4 is 16.5 Å². The van der Waals surface area contributed by atoms with Crippen LogP contribution < -0.4 is 0 Å². The van der Waals surface area contributed by atoms with Crippen molar-refractivity contribution in [3.05, 3.63) is 47.5 Å². The Balaban J connectivity index is 1.71. The van der Waals surface area contributed by atoms with Gasteiger partial charge in [-0.2, -0.15) is 0 Å². The molecule has 0 aromatic heterocycles.